The fourth-order valence-electron chi connectivity index (χ4n) is 2.77. The molecule has 3 rings (SSSR count). The molecular weight excluding hydrogens is 384 g/mol. The molecule has 0 saturated carbocycles. The summed E-state index contributed by atoms with van der Waals surface area (Å²) in [6.45, 7) is 3.34. The van der Waals surface area contributed by atoms with Gasteiger partial charge in [-0.1, -0.05) is 29.8 Å². The van der Waals surface area contributed by atoms with Gasteiger partial charge in [0.2, 0.25) is 0 Å². The normalized spacial score (nSPS) is 10.5. The van der Waals surface area contributed by atoms with Gasteiger partial charge in [0, 0.05) is 10.4 Å². The number of hydrogen-bond donors (Lipinski definition) is 3. The minimum atomic E-state index is -0.667. The van der Waals surface area contributed by atoms with Gasteiger partial charge in [0.1, 0.15) is 5.75 Å². The first kappa shape index (κ1) is 19.4. The average Bonchev–Trinajstić information content (AvgIpc) is 2.66. The number of rotatable bonds is 4. The highest BCUT2D eigenvalue weighted by molar-refractivity contribution is 6.30. The molecule has 0 fully saturated rings. The van der Waals surface area contributed by atoms with E-state index in [2.05, 4.69) is 21.0 Å². The van der Waals surface area contributed by atoms with E-state index in [0.29, 0.717) is 21.5 Å². The van der Waals surface area contributed by atoms with E-state index in [-0.39, 0.29) is 12.3 Å². The molecule has 0 aliphatic heterocycles. The van der Waals surface area contributed by atoms with E-state index in [0.717, 1.165) is 11.1 Å². The summed E-state index contributed by atoms with van der Waals surface area (Å²) in [4.78, 5) is 36.1. The minimum Gasteiger partial charge on any atom is -0.483 e. The number of nitrogens with zero attached hydrogens (tertiary/aromatic N) is 1. The third kappa shape index (κ3) is 4.12. The van der Waals surface area contributed by atoms with Crippen molar-refractivity contribution in [2.24, 2.45) is 0 Å². The van der Waals surface area contributed by atoms with E-state index in [1.807, 2.05) is 13.8 Å². The maximum atomic E-state index is 12.3. The molecule has 1 heterocycles. The van der Waals surface area contributed by atoms with Crippen LogP contribution in [0.1, 0.15) is 21.6 Å². The number of aryl methyl sites for hydroxylation is 2. The number of amides is 2. The summed E-state index contributed by atoms with van der Waals surface area (Å²) >= 11 is 5.97. The Morgan fingerprint density at radius 1 is 1.11 bits per heavy atom. The van der Waals surface area contributed by atoms with Crippen molar-refractivity contribution < 1.29 is 14.3 Å². The van der Waals surface area contributed by atoms with E-state index < -0.39 is 17.4 Å². The lowest BCUT2D eigenvalue weighted by Crippen LogP contribution is -2.44. The van der Waals surface area contributed by atoms with E-state index in [1.54, 1.807) is 36.4 Å². The Labute approximate surface area is 164 Å². The predicted octanol–water partition coefficient (Wildman–Crippen LogP) is 2.03. The van der Waals surface area contributed by atoms with E-state index >= 15 is 0 Å². The Kier molecular flexibility index (Phi) is 5.60. The summed E-state index contributed by atoms with van der Waals surface area (Å²) in [5.41, 5.74) is 5.70. The third-order valence-electron chi connectivity index (χ3n) is 4.00. The van der Waals surface area contributed by atoms with Gasteiger partial charge in [-0.05, 0) is 43.2 Å². The molecule has 0 spiro atoms. The van der Waals surface area contributed by atoms with Crippen molar-refractivity contribution in [2.45, 2.75) is 13.8 Å². The standard InChI is InChI=1S/C19H17ClN4O4/c1-10-7-12(20)8-11(2)17(10)28-9-15(25)21-24-19(27)16-13-5-3-4-6-14(13)18(26)23-22-16/h3-8H,9H2,1-2H3,(H,21,25)(H,23,26)(H,24,27). The molecule has 2 amide bonds. The zero-order valence-corrected chi connectivity index (χ0v) is 15.9. The first-order valence-corrected chi connectivity index (χ1v) is 8.70. The maximum Gasteiger partial charge on any atom is 0.290 e. The number of aromatic amines is 1. The van der Waals surface area contributed by atoms with Crippen LogP contribution in [0.25, 0.3) is 10.8 Å². The molecular formula is C19H17ClN4O4. The second-order valence-corrected chi connectivity index (χ2v) is 6.54. The minimum absolute atomic E-state index is 0.0131. The van der Waals surface area contributed by atoms with Crippen LogP contribution >= 0.6 is 11.6 Å². The number of fused-ring (bicyclic) bond motifs is 1. The van der Waals surface area contributed by atoms with Gasteiger partial charge in [-0.15, -0.1) is 0 Å². The van der Waals surface area contributed by atoms with Crippen LogP contribution in [-0.2, 0) is 4.79 Å². The summed E-state index contributed by atoms with van der Waals surface area (Å²) in [6.07, 6.45) is 0. The van der Waals surface area contributed by atoms with Crippen molar-refractivity contribution in [3.8, 4) is 5.75 Å². The lowest BCUT2D eigenvalue weighted by molar-refractivity contribution is -0.123. The third-order valence-corrected chi connectivity index (χ3v) is 4.22. The Balaban J connectivity index is 1.63. The van der Waals surface area contributed by atoms with Gasteiger partial charge in [-0.3, -0.25) is 25.2 Å². The van der Waals surface area contributed by atoms with Gasteiger partial charge in [0.05, 0.1) is 5.39 Å². The van der Waals surface area contributed by atoms with Crippen LogP contribution in [0.15, 0.2) is 41.2 Å². The van der Waals surface area contributed by atoms with Crippen molar-refractivity contribution in [1.29, 1.82) is 0 Å². The topological polar surface area (TPSA) is 113 Å². The Morgan fingerprint density at radius 2 is 1.75 bits per heavy atom. The van der Waals surface area contributed by atoms with E-state index in [4.69, 9.17) is 16.3 Å². The summed E-state index contributed by atoms with van der Waals surface area (Å²) in [5, 5.41) is 7.31. The molecule has 3 aromatic rings. The smallest absolute Gasteiger partial charge is 0.290 e. The molecule has 28 heavy (non-hydrogen) atoms. The summed E-state index contributed by atoms with van der Waals surface area (Å²) in [7, 11) is 0. The van der Waals surface area contributed by atoms with E-state index in [9.17, 15) is 14.4 Å². The lowest BCUT2D eigenvalue weighted by Gasteiger charge is -2.13. The van der Waals surface area contributed by atoms with Crippen LogP contribution in [0.2, 0.25) is 5.02 Å². The van der Waals surface area contributed by atoms with Gasteiger partial charge >= 0.3 is 0 Å². The molecule has 0 saturated heterocycles. The van der Waals surface area contributed by atoms with Crippen molar-refractivity contribution >= 4 is 34.2 Å². The fourth-order valence-corrected chi connectivity index (χ4v) is 3.10. The number of ether oxygens (including phenoxy) is 1. The van der Waals surface area contributed by atoms with E-state index in [1.165, 1.54) is 0 Å². The lowest BCUT2D eigenvalue weighted by atomic mass is 10.1. The largest absolute Gasteiger partial charge is 0.483 e. The number of nitrogens with one attached hydrogen (secondary N) is 3. The van der Waals surface area contributed by atoms with Crippen LogP contribution in [0, 0.1) is 13.8 Å². The number of carbonyl (C=O) groups is 2. The summed E-state index contributed by atoms with van der Waals surface area (Å²) in [5.74, 6) is -0.672. The van der Waals surface area contributed by atoms with Crippen LogP contribution in [0.4, 0.5) is 0 Å². The number of benzene rings is 2. The fraction of sp³-hybridized carbons (Fsp3) is 0.158. The SMILES string of the molecule is Cc1cc(Cl)cc(C)c1OCC(=O)NNC(=O)c1n[nH]c(=O)c2ccccc12. The Bertz CT molecular complexity index is 1100. The monoisotopic (exact) mass is 400 g/mol. The molecule has 144 valence electrons. The van der Waals surface area contributed by atoms with Crippen LogP contribution in [0.5, 0.6) is 5.75 Å². The molecule has 8 nitrogen and oxygen atoms in total. The number of H-pyrrole nitrogens is 1. The second kappa shape index (κ2) is 8.10. The average molecular weight is 401 g/mol. The maximum absolute atomic E-state index is 12.3. The molecule has 0 radical (unpaired) electrons. The summed E-state index contributed by atoms with van der Waals surface area (Å²) in [6, 6.07) is 10.0. The van der Waals surface area contributed by atoms with Gasteiger partial charge in [0.25, 0.3) is 17.4 Å². The highest BCUT2D eigenvalue weighted by Crippen LogP contribution is 2.26. The van der Waals surface area contributed by atoms with Crippen molar-refractivity contribution in [3.05, 3.63) is 68.6 Å². The molecule has 0 atom stereocenters. The molecule has 2 aromatic carbocycles. The molecule has 0 unspecified atom stereocenters. The number of hydrazine groups is 1. The number of hydrogen-bond acceptors (Lipinski definition) is 5. The van der Waals surface area contributed by atoms with Gasteiger partial charge in [-0.2, -0.15) is 5.10 Å². The molecule has 1 aromatic heterocycles. The van der Waals surface area contributed by atoms with Gasteiger partial charge in [-0.25, -0.2) is 5.10 Å². The highest BCUT2D eigenvalue weighted by Gasteiger charge is 2.15. The second-order valence-electron chi connectivity index (χ2n) is 6.11. The van der Waals surface area contributed by atoms with Crippen molar-refractivity contribution in [1.82, 2.24) is 21.0 Å². The molecule has 0 bridgehead atoms. The summed E-state index contributed by atoms with van der Waals surface area (Å²) < 4.78 is 5.52. The van der Waals surface area contributed by atoms with Crippen molar-refractivity contribution in [3.63, 3.8) is 0 Å². The Morgan fingerprint density at radius 3 is 2.43 bits per heavy atom. The van der Waals surface area contributed by atoms with Crippen LogP contribution in [-0.4, -0.2) is 28.6 Å². The zero-order chi connectivity index (χ0) is 20.3. The number of aromatic nitrogens is 2. The quantitative estimate of drug-likeness (QED) is 0.580. The molecule has 9 heteroatoms. The molecule has 0 aliphatic rings. The Hall–Kier alpha value is -3.39. The number of carbonyl (C=O) groups excluding carboxylic acids is 2. The number of halogens is 1. The van der Waals surface area contributed by atoms with Crippen molar-refractivity contribution in [2.75, 3.05) is 6.61 Å². The molecule has 0 aliphatic carbocycles. The van der Waals surface area contributed by atoms with Gasteiger partial charge < -0.3 is 4.74 Å². The highest BCUT2D eigenvalue weighted by atomic mass is 35.5. The first-order chi connectivity index (χ1) is 13.4. The van der Waals surface area contributed by atoms with Gasteiger partial charge in [0.15, 0.2) is 12.3 Å². The molecule has 3 N–H and O–H groups in total. The predicted molar refractivity (Wildman–Crippen MR) is 104 cm³/mol. The first-order valence-electron chi connectivity index (χ1n) is 8.33. The van der Waals surface area contributed by atoms with Crippen LogP contribution < -0.4 is 21.1 Å². The zero-order valence-electron chi connectivity index (χ0n) is 15.1. The van der Waals surface area contributed by atoms with Crippen LogP contribution in [0.3, 0.4) is 0 Å².